The summed E-state index contributed by atoms with van der Waals surface area (Å²) in [6.45, 7) is 3.51. The van der Waals surface area contributed by atoms with Crippen molar-refractivity contribution in [2.75, 3.05) is 39.0 Å². The third-order valence-electron chi connectivity index (χ3n) is 5.18. The van der Waals surface area contributed by atoms with Gasteiger partial charge in [-0.25, -0.2) is 0 Å². The minimum Gasteiger partial charge on any atom is -0.340 e. The molecule has 29 heavy (non-hydrogen) atoms. The molecule has 1 aliphatic rings. The minimum atomic E-state index is -4.36. The van der Waals surface area contributed by atoms with E-state index in [1.165, 1.54) is 6.07 Å². The summed E-state index contributed by atoms with van der Waals surface area (Å²) in [5.41, 5.74) is -0.313. The largest absolute Gasteiger partial charge is 0.416 e. The number of thioether (sulfide) groups is 1. The molecule has 0 saturated carbocycles. The van der Waals surface area contributed by atoms with Gasteiger partial charge in [0.05, 0.1) is 11.1 Å². The van der Waals surface area contributed by atoms with Crippen LogP contribution in [0.2, 0.25) is 0 Å². The second-order valence-electron chi connectivity index (χ2n) is 7.38. The van der Waals surface area contributed by atoms with Crippen molar-refractivity contribution < 1.29 is 18.0 Å². The second kappa shape index (κ2) is 9.80. The number of fused-ring (bicyclic) bond motifs is 1. The number of hydrogen-bond acceptors (Lipinski definition) is 4. The fraction of sp³-hybridized carbons (Fsp3) is 0.524. The van der Waals surface area contributed by atoms with E-state index in [1.807, 2.05) is 11.0 Å². The average molecular weight is 426 g/mol. The number of halogens is 3. The lowest BCUT2D eigenvalue weighted by Gasteiger charge is -2.32. The average Bonchev–Trinajstić information content (AvgIpc) is 2.70. The zero-order valence-electron chi connectivity index (χ0n) is 16.5. The van der Waals surface area contributed by atoms with Gasteiger partial charge in [-0.15, -0.1) is 11.8 Å². The van der Waals surface area contributed by atoms with Crippen LogP contribution < -0.4 is 0 Å². The van der Waals surface area contributed by atoms with Gasteiger partial charge >= 0.3 is 6.18 Å². The third kappa shape index (κ3) is 6.09. The molecule has 1 aromatic carbocycles. The van der Waals surface area contributed by atoms with E-state index in [-0.39, 0.29) is 5.91 Å². The summed E-state index contributed by atoms with van der Waals surface area (Å²) in [6, 6.07) is 5.56. The molecule has 0 aliphatic carbocycles. The molecule has 1 amide bonds. The Kier molecular flexibility index (Phi) is 7.40. The number of rotatable bonds is 7. The van der Waals surface area contributed by atoms with Crippen LogP contribution in [0.25, 0.3) is 10.9 Å². The number of aromatic nitrogens is 1. The van der Waals surface area contributed by atoms with E-state index >= 15 is 0 Å². The van der Waals surface area contributed by atoms with Crippen molar-refractivity contribution in [2.45, 2.75) is 36.8 Å². The van der Waals surface area contributed by atoms with Crippen LogP contribution in [0.1, 0.15) is 31.2 Å². The number of hydrogen-bond donors (Lipinski definition) is 0. The van der Waals surface area contributed by atoms with Crippen molar-refractivity contribution >= 4 is 28.6 Å². The Balaban J connectivity index is 1.42. The van der Waals surface area contributed by atoms with Crippen molar-refractivity contribution in [3.8, 4) is 0 Å². The fourth-order valence-electron chi connectivity index (χ4n) is 3.38. The molecule has 1 fully saturated rings. The topological polar surface area (TPSA) is 36.4 Å². The summed E-state index contributed by atoms with van der Waals surface area (Å²) in [6.07, 6.45) is 0.587. The SMILES string of the molecule is CN1CCN(C(=O)CCCCCSc2ccnc3cc(C(F)(F)F)ccc23)CC1. The molecular weight excluding hydrogens is 399 g/mol. The highest BCUT2D eigenvalue weighted by Gasteiger charge is 2.30. The molecule has 1 aromatic heterocycles. The van der Waals surface area contributed by atoms with Crippen molar-refractivity contribution in [2.24, 2.45) is 0 Å². The standard InChI is InChI=1S/C21H26F3N3OS/c1-26-10-12-27(13-11-26)20(28)5-3-2-4-14-29-19-8-9-25-18-15-16(21(22,23)24)6-7-17(18)19/h6-9,15H,2-5,10-14H2,1H3. The van der Waals surface area contributed by atoms with Crippen LogP contribution >= 0.6 is 11.8 Å². The summed E-state index contributed by atoms with van der Waals surface area (Å²) in [4.78, 5) is 21.4. The van der Waals surface area contributed by atoms with Gasteiger partial charge < -0.3 is 9.80 Å². The molecule has 0 atom stereocenters. The van der Waals surface area contributed by atoms with Crippen LogP contribution in [0.4, 0.5) is 13.2 Å². The van der Waals surface area contributed by atoms with E-state index in [2.05, 4.69) is 16.9 Å². The first-order valence-corrected chi connectivity index (χ1v) is 10.9. The Morgan fingerprint density at radius 3 is 2.59 bits per heavy atom. The lowest BCUT2D eigenvalue weighted by molar-refractivity contribution is -0.137. The molecule has 0 unspecified atom stereocenters. The summed E-state index contributed by atoms with van der Waals surface area (Å²) in [5.74, 6) is 1.11. The lowest BCUT2D eigenvalue weighted by atomic mass is 10.1. The minimum absolute atomic E-state index is 0.242. The fourth-order valence-corrected chi connectivity index (χ4v) is 4.43. The van der Waals surface area contributed by atoms with Crippen molar-refractivity contribution in [3.63, 3.8) is 0 Å². The molecule has 0 N–H and O–H groups in total. The number of pyridine rings is 1. The molecule has 4 nitrogen and oxygen atoms in total. The Bertz CT molecular complexity index is 836. The number of alkyl halides is 3. The van der Waals surface area contributed by atoms with Crippen molar-refractivity contribution in [1.29, 1.82) is 0 Å². The molecule has 1 saturated heterocycles. The predicted molar refractivity (Wildman–Crippen MR) is 110 cm³/mol. The van der Waals surface area contributed by atoms with Crippen molar-refractivity contribution in [3.05, 3.63) is 36.0 Å². The molecule has 0 bridgehead atoms. The first-order chi connectivity index (χ1) is 13.8. The highest BCUT2D eigenvalue weighted by molar-refractivity contribution is 7.99. The van der Waals surface area contributed by atoms with Crippen LogP contribution in [0.5, 0.6) is 0 Å². The number of benzene rings is 1. The van der Waals surface area contributed by atoms with Crippen LogP contribution in [-0.2, 0) is 11.0 Å². The number of carbonyl (C=O) groups excluding carboxylic acids is 1. The van der Waals surface area contributed by atoms with Crippen LogP contribution in [-0.4, -0.2) is 59.7 Å². The van der Waals surface area contributed by atoms with E-state index in [9.17, 15) is 18.0 Å². The molecular formula is C21H26F3N3OS. The smallest absolute Gasteiger partial charge is 0.340 e. The maximum atomic E-state index is 12.9. The Morgan fingerprint density at radius 2 is 1.86 bits per heavy atom. The molecule has 0 spiro atoms. The zero-order valence-corrected chi connectivity index (χ0v) is 17.4. The summed E-state index contributed by atoms with van der Waals surface area (Å²) in [7, 11) is 2.07. The van der Waals surface area contributed by atoms with Crippen LogP contribution in [0.15, 0.2) is 35.4 Å². The normalized spacial score (nSPS) is 15.8. The van der Waals surface area contributed by atoms with Gasteiger partial charge in [-0.05, 0) is 43.8 Å². The third-order valence-corrected chi connectivity index (χ3v) is 6.34. The van der Waals surface area contributed by atoms with Gasteiger partial charge in [-0.3, -0.25) is 9.78 Å². The van der Waals surface area contributed by atoms with Crippen molar-refractivity contribution in [1.82, 2.24) is 14.8 Å². The molecule has 8 heteroatoms. The molecule has 3 rings (SSSR count). The molecule has 2 heterocycles. The van der Waals surface area contributed by atoms with E-state index in [4.69, 9.17) is 0 Å². The summed E-state index contributed by atoms with van der Waals surface area (Å²) >= 11 is 1.63. The van der Waals surface area contributed by atoms with Crippen LogP contribution in [0, 0.1) is 0 Å². The Morgan fingerprint density at radius 1 is 1.10 bits per heavy atom. The van der Waals surface area contributed by atoms with Gasteiger partial charge in [0.2, 0.25) is 5.91 Å². The van der Waals surface area contributed by atoms with E-state index < -0.39 is 11.7 Å². The summed E-state index contributed by atoms with van der Waals surface area (Å²) in [5, 5.41) is 0.746. The van der Waals surface area contributed by atoms with Gasteiger partial charge in [-0.1, -0.05) is 12.5 Å². The lowest BCUT2D eigenvalue weighted by Crippen LogP contribution is -2.47. The highest BCUT2D eigenvalue weighted by Crippen LogP contribution is 2.33. The second-order valence-corrected chi connectivity index (χ2v) is 8.52. The predicted octanol–water partition coefficient (Wildman–Crippen LogP) is 4.68. The number of nitrogens with zero attached hydrogens (tertiary/aromatic N) is 3. The van der Waals surface area contributed by atoms with E-state index in [0.29, 0.717) is 11.9 Å². The number of piperazine rings is 1. The Hall–Kier alpha value is -1.80. The van der Waals surface area contributed by atoms with Gasteiger partial charge in [0.25, 0.3) is 0 Å². The number of amides is 1. The molecule has 1 aliphatic heterocycles. The number of likely N-dealkylation sites (N-methyl/N-ethyl adjacent to an activating group) is 1. The molecule has 2 aromatic rings. The monoisotopic (exact) mass is 425 g/mol. The van der Waals surface area contributed by atoms with E-state index in [0.717, 1.165) is 73.6 Å². The van der Waals surface area contributed by atoms with E-state index in [1.54, 1.807) is 18.0 Å². The van der Waals surface area contributed by atoms with Gasteiger partial charge in [-0.2, -0.15) is 13.2 Å². The quantitative estimate of drug-likeness (QED) is 0.477. The highest BCUT2D eigenvalue weighted by atomic mass is 32.2. The van der Waals surface area contributed by atoms with Gasteiger partial charge in [0.1, 0.15) is 0 Å². The number of unbranched alkanes of at least 4 members (excludes halogenated alkanes) is 2. The Labute approximate surface area is 173 Å². The zero-order chi connectivity index (χ0) is 20.9. The first-order valence-electron chi connectivity index (χ1n) is 9.90. The first kappa shape index (κ1) is 21.9. The van der Waals surface area contributed by atoms with Gasteiger partial charge in [0.15, 0.2) is 0 Å². The van der Waals surface area contributed by atoms with Crippen LogP contribution in [0.3, 0.4) is 0 Å². The number of carbonyl (C=O) groups is 1. The molecule has 158 valence electrons. The summed E-state index contributed by atoms with van der Waals surface area (Å²) < 4.78 is 38.6. The van der Waals surface area contributed by atoms with Gasteiger partial charge in [0, 0.05) is 49.1 Å². The maximum Gasteiger partial charge on any atom is 0.416 e. The maximum absolute atomic E-state index is 12.9. The molecule has 0 radical (unpaired) electrons.